The molecule has 0 bridgehead atoms. The molecule has 0 atom stereocenters. The van der Waals surface area contributed by atoms with Crippen LogP contribution in [0.15, 0.2) is 10.4 Å². The molecule has 3 nitrogen and oxygen atoms in total. The van der Waals surface area contributed by atoms with Gasteiger partial charge in [-0.2, -0.15) is 0 Å². The standard InChI is InChI=1S/C9H12N2OS/c1-4-6-5-13-8(7(6)10-2)9(12)11-3/h5H,2,4H2,1,3H3,(H,11,12). The van der Waals surface area contributed by atoms with Gasteiger partial charge in [0, 0.05) is 7.05 Å². The van der Waals surface area contributed by atoms with Gasteiger partial charge in [0.25, 0.3) is 5.91 Å². The third kappa shape index (κ3) is 1.78. The number of hydrogen-bond acceptors (Lipinski definition) is 3. The first-order valence-electron chi connectivity index (χ1n) is 4.03. The summed E-state index contributed by atoms with van der Waals surface area (Å²) in [5.74, 6) is -0.0906. The van der Waals surface area contributed by atoms with Gasteiger partial charge in [0.15, 0.2) is 0 Å². The third-order valence-corrected chi connectivity index (χ3v) is 2.83. The molecule has 0 aliphatic rings. The highest BCUT2D eigenvalue weighted by atomic mass is 32.1. The molecule has 0 aliphatic carbocycles. The van der Waals surface area contributed by atoms with E-state index in [0.29, 0.717) is 4.88 Å². The van der Waals surface area contributed by atoms with Gasteiger partial charge in [-0.25, -0.2) is 0 Å². The van der Waals surface area contributed by atoms with Gasteiger partial charge in [-0.15, -0.1) is 11.3 Å². The molecule has 0 unspecified atom stereocenters. The van der Waals surface area contributed by atoms with Crippen LogP contribution in [0.5, 0.6) is 0 Å². The zero-order valence-corrected chi connectivity index (χ0v) is 8.57. The second kappa shape index (κ2) is 4.18. The summed E-state index contributed by atoms with van der Waals surface area (Å²) in [4.78, 5) is 15.9. The molecule has 0 fully saturated rings. The Morgan fingerprint density at radius 3 is 2.92 bits per heavy atom. The van der Waals surface area contributed by atoms with Gasteiger partial charge in [0.05, 0.1) is 5.69 Å². The fraction of sp³-hybridized carbons (Fsp3) is 0.333. The molecule has 1 N–H and O–H groups in total. The van der Waals surface area contributed by atoms with Gasteiger partial charge in [0.2, 0.25) is 0 Å². The van der Waals surface area contributed by atoms with Crippen LogP contribution in [0.25, 0.3) is 0 Å². The summed E-state index contributed by atoms with van der Waals surface area (Å²) in [6, 6.07) is 0. The molecule has 1 amide bonds. The van der Waals surface area contributed by atoms with Crippen molar-refractivity contribution in [3.05, 3.63) is 15.8 Å². The van der Waals surface area contributed by atoms with E-state index < -0.39 is 0 Å². The predicted molar refractivity (Wildman–Crippen MR) is 56.3 cm³/mol. The number of hydrogen-bond donors (Lipinski definition) is 1. The van der Waals surface area contributed by atoms with E-state index >= 15 is 0 Å². The molecule has 0 aromatic carbocycles. The predicted octanol–water partition coefficient (Wildman–Crippen LogP) is 2.00. The largest absolute Gasteiger partial charge is 0.354 e. The van der Waals surface area contributed by atoms with Crippen LogP contribution in [-0.4, -0.2) is 19.7 Å². The number of nitrogens with one attached hydrogen (secondary N) is 1. The lowest BCUT2D eigenvalue weighted by Gasteiger charge is -1.98. The maximum absolute atomic E-state index is 11.3. The molecule has 1 heterocycles. The topological polar surface area (TPSA) is 41.5 Å². The maximum atomic E-state index is 11.3. The van der Waals surface area contributed by atoms with Crippen molar-refractivity contribution in [3.63, 3.8) is 0 Å². The zero-order chi connectivity index (χ0) is 9.84. The summed E-state index contributed by atoms with van der Waals surface area (Å²) < 4.78 is 0. The van der Waals surface area contributed by atoms with E-state index in [2.05, 4.69) is 17.0 Å². The van der Waals surface area contributed by atoms with Crippen molar-refractivity contribution in [2.24, 2.45) is 4.99 Å². The minimum atomic E-state index is -0.0906. The number of thiophene rings is 1. The van der Waals surface area contributed by atoms with Crippen molar-refractivity contribution >= 4 is 29.6 Å². The number of carbonyl (C=O) groups excluding carboxylic acids is 1. The van der Waals surface area contributed by atoms with Gasteiger partial charge in [-0.05, 0) is 24.1 Å². The van der Waals surface area contributed by atoms with Crippen LogP contribution >= 0.6 is 11.3 Å². The molecule has 0 spiro atoms. The highest BCUT2D eigenvalue weighted by molar-refractivity contribution is 7.12. The number of nitrogens with zero attached hydrogens (tertiary/aromatic N) is 1. The Balaban J connectivity index is 3.15. The van der Waals surface area contributed by atoms with Crippen molar-refractivity contribution in [1.29, 1.82) is 0 Å². The third-order valence-electron chi connectivity index (χ3n) is 1.81. The fourth-order valence-electron chi connectivity index (χ4n) is 1.09. The van der Waals surface area contributed by atoms with E-state index in [1.54, 1.807) is 7.05 Å². The second-order valence-electron chi connectivity index (χ2n) is 2.53. The lowest BCUT2D eigenvalue weighted by Crippen LogP contribution is -2.16. The minimum absolute atomic E-state index is 0.0906. The number of carbonyl (C=O) groups is 1. The van der Waals surface area contributed by atoms with Crippen LogP contribution in [-0.2, 0) is 6.42 Å². The van der Waals surface area contributed by atoms with E-state index in [1.165, 1.54) is 11.3 Å². The summed E-state index contributed by atoms with van der Waals surface area (Å²) in [6.45, 7) is 5.50. The van der Waals surface area contributed by atoms with Crippen LogP contribution in [0, 0.1) is 0 Å². The molecule has 0 aliphatic heterocycles. The highest BCUT2D eigenvalue weighted by Crippen LogP contribution is 2.30. The summed E-state index contributed by atoms with van der Waals surface area (Å²) in [5.41, 5.74) is 1.81. The maximum Gasteiger partial charge on any atom is 0.263 e. The summed E-state index contributed by atoms with van der Waals surface area (Å²) in [7, 11) is 1.61. The van der Waals surface area contributed by atoms with E-state index in [4.69, 9.17) is 0 Å². The van der Waals surface area contributed by atoms with E-state index in [9.17, 15) is 4.79 Å². The zero-order valence-electron chi connectivity index (χ0n) is 7.76. The van der Waals surface area contributed by atoms with Crippen LogP contribution in [0.1, 0.15) is 22.2 Å². The number of aliphatic imine (C=N–C) groups is 1. The van der Waals surface area contributed by atoms with Crippen LogP contribution in [0.2, 0.25) is 0 Å². The average molecular weight is 196 g/mol. The Kier molecular flexibility index (Phi) is 3.19. The van der Waals surface area contributed by atoms with Crippen molar-refractivity contribution in [1.82, 2.24) is 5.32 Å². The average Bonchev–Trinajstić information content (AvgIpc) is 2.58. The SMILES string of the molecule is C=Nc1c(CC)csc1C(=O)NC. The molecular formula is C9H12N2OS. The summed E-state index contributed by atoms with van der Waals surface area (Å²) in [6.07, 6.45) is 0.877. The van der Waals surface area contributed by atoms with Crippen molar-refractivity contribution in [3.8, 4) is 0 Å². The highest BCUT2D eigenvalue weighted by Gasteiger charge is 2.14. The number of aryl methyl sites for hydroxylation is 1. The Morgan fingerprint density at radius 1 is 1.77 bits per heavy atom. The Labute approximate surface area is 81.5 Å². The Morgan fingerprint density at radius 2 is 2.46 bits per heavy atom. The molecule has 0 saturated heterocycles. The normalized spacial score (nSPS) is 9.69. The van der Waals surface area contributed by atoms with Gasteiger partial charge < -0.3 is 5.32 Å². The molecule has 1 aromatic rings. The molecule has 4 heteroatoms. The molecule has 1 rings (SSSR count). The number of rotatable bonds is 3. The van der Waals surface area contributed by atoms with Crippen molar-refractivity contribution in [2.75, 3.05) is 7.05 Å². The van der Waals surface area contributed by atoms with Crippen LogP contribution in [0.3, 0.4) is 0 Å². The van der Waals surface area contributed by atoms with Gasteiger partial charge in [-0.1, -0.05) is 6.92 Å². The van der Waals surface area contributed by atoms with E-state index in [0.717, 1.165) is 17.7 Å². The van der Waals surface area contributed by atoms with Crippen LogP contribution < -0.4 is 5.32 Å². The number of amides is 1. The monoisotopic (exact) mass is 196 g/mol. The molecule has 13 heavy (non-hydrogen) atoms. The first-order chi connectivity index (χ1) is 6.24. The van der Waals surface area contributed by atoms with Crippen molar-refractivity contribution < 1.29 is 4.79 Å². The van der Waals surface area contributed by atoms with E-state index in [-0.39, 0.29) is 5.91 Å². The van der Waals surface area contributed by atoms with Gasteiger partial charge >= 0.3 is 0 Å². The Hall–Kier alpha value is -1.16. The summed E-state index contributed by atoms with van der Waals surface area (Å²) >= 11 is 1.41. The minimum Gasteiger partial charge on any atom is -0.354 e. The van der Waals surface area contributed by atoms with Crippen molar-refractivity contribution in [2.45, 2.75) is 13.3 Å². The molecule has 0 radical (unpaired) electrons. The first kappa shape index (κ1) is 9.92. The second-order valence-corrected chi connectivity index (χ2v) is 3.41. The lowest BCUT2D eigenvalue weighted by molar-refractivity contribution is 0.0967. The smallest absolute Gasteiger partial charge is 0.263 e. The quantitative estimate of drug-likeness (QED) is 0.738. The molecule has 70 valence electrons. The molecular weight excluding hydrogens is 184 g/mol. The molecule has 0 saturated carbocycles. The lowest BCUT2D eigenvalue weighted by atomic mass is 10.2. The van der Waals surface area contributed by atoms with Crippen LogP contribution in [0.4, 0.5) is 5.69 Å². The molecule has 1 aromatic heterocycles. The first-order valence-corrected chi connectivity index (χ1v) is 4.91. The fourth-order valence-corrected chi connectivity index (χ4v) is 2.14. The van der Waals surface area contributed by atoms with Gasteiger partial charge in [0.1, 0.15) is 4.88 Å². The Bertz CT molecular complexity index is 330. The summed E-state index contributed by atoms with van der Waals surface area (Å²) in [5, 5.41) is 4.53. The van der Waals surface area contributed by atoms with Gasteiger partial charge in [-0.3, -0.25) is 9.79 Å². The van der Waals surface area contributed by atoms with E-state index in [1.807, 2.05) is 12.3 Å².